The van der Waals surface area contributed by atoms with Gasteiger partial charge in [-0.05, 0) is 25.5 Å². The Morgan fingerprint density at radius 2 is 2.28 bits per heavy atom. The number of hydrogen-bond acceptors (Lipinski definition) is 4. The Labute approximate surface area is 108 Å². The van der Waals surface area contributed by atoms with E-state index >= 15 is 0 Å². The number of ether oxygens (including phenoxy) is 2. The van der Waals surface area contributed by atoms with Crippen molar-refractivity contribution in [1.82, 2.24) is 0 Å². The summed E-state index contributed by atoms with van der Waals surface area (Å²) in [4.78, 5) is 0. The van der Waals surface area contributed by atoms with Gasteiger partial charge in [0.1, 0.15) is 5.75 Å². The van der Waals surface area contributed by atoms with E-state index in [1.807, 2.05) is 31.2 Å². The van der Waals surface area contributed by atoms with Crippen molar-refractivity contribution in [2.24, 2.45) is 5.92 Å². The standard InChI is InChI=1S/C14H21NO3/c1-14(10-16,11-7-8-18-9-11)15-12-5-3-4-6-13(12)17-2/h3-6,11,15-16H,7-10H2,1-2H3. The van der Waals surface area contributed by atoms with Crippen molar-refractivity contribution in [3.8, 4) is 5.75 Å². The number of anilines is 1. The molecular weight excluding hydrogens is 230 g/mol. The average molecular weight is 251 g/mol. The van der Waals surface area contributed by atoms with E-state index in [-0.39, 0.29) is 12.1 Å². The van der Waals surface area contributed by atoms with Crippen molar-refractivity contribution >= 4 is 5.69 Å². The predicted molar refractivity (Wildman–Crippen MR) is 71.0 cm³/mol. The normalized spacial score (nSPS) is 22.5. The number of para-hydroxylation sites is 2. The first-order valence-electron chi connectivity index (χ1n) is 6.29. The molecule has 2 rings (SSSR count). The number of benzene rings is 1. The van der Waals surface area contributed by atoms with Gasteiger partial charge in [0.15, 0.2) is 0 Å². The third-order valence-corrected chi connectivity index (χ3v) is 3.69. The molecule has 2 atom stereocenters. The number of aliphatic hydroxyl groups is 1. The van der Waals surface area contributed by atoms with Gasteiger partial charge in [-0.15, -0.1) is 0 Å². The fraction of sp³-hybridized carbons (Fsp3) is 0.571. The molecule has 4 heteroatoms. The molecule has 2 unspecified atom stereocenters. The zero-order valence-corrected chi connectivity index (χ0v) is 11.0. The van der Waals surface area contributed by atoms with Crippen molar-refractivity contribution in [2.45, 2.75) is 18.9 Å². The smallest absolute Gasteiger partial charge is 0.141 e. The van der Waals surface area contributed by atoms with Crippen molar-refractivity contribution in [2.75, 3.05) is 32.2 Å². The van der Waals surface area contributed by atoms with E-state index < -0.39 is 0 Å². The molecular formula is C14H21NO3. The lowest BCUT2D eigenvalue weighted by molar-refractivity contribution is 0.137. The molecule has 0 saturated carbocycles. The topological polar surface area (TPSA) is 50.7 Å². The summed E-state index contributed by atoms with van der Waals surface area (Å²) in [5, 5.41) is 13.1. The van der Waals surface area contributed by atoms with E-state index in [1.54, 1.807) is 7.11 Å². The highest BCUT2D eigenvalue weighted by Gasteiger charge is 2.36. The Bertz CT molecular complexity index is 390. The summed E-state index contributed by atoms with van der Waals surface area (Å²) >= 11 is 0. The number of methoxy groups -OCH3 is 1. The summed E-state index contributed by atoms with van der Waals surface area (Å²) in [6, 6.07) is 7.75. The zero-order valence-electron chi connectivity index (χ0n) is 11.0. The Balaban J connectivity index is 2.18. The zero-order chi connectivity index (χ0) is 13.0. The summed E-state index contributed by atoms with van der Waals surface area (Å²) in [6.07, 6.45) is 0.971. The van der Waals surface area contributed by atoms with Crippen LogP contribution in [0.3, 0.4) is 0 Å². The molecule has 0 radical (unpaired) electrons. The molecule has 18 heavy (non-hydrogen) atoms. The lowest BCUT2D eigenvalue weighted by Crippen LogP contribution is -2.46. The summed E-state index contributed by atoms with van der Waals surface area (Å²) < 4.78 is 10.7. The largest absolute Gasteiger partial charge is 0.495 e. The second-order valence-corrected chi connectivity index (χ2v) is 4.96. The Hall–Kier alpha value is -1.26. The molecule has 0 amide bonds. The van der Waals surface area contributed by atoms with Crippen LogP contribution in [0.25, 0.3) is 0 Å². The summed E-state index contributed by atoms with van der Waals surface area (Å²) in [5.41, 5.74) is 0.522. The summed E-state index contributed by atoms with van der Waals surface area (Å²) in [6.45, 7) is 3.56. The van der Waals surface area contributed by atoms with Gasteiger partial charge in [0.05, 0.1) is 31.5 Å². The quantitative estimate of drug-likeness (QED) is 0.839. The summed E-state index contributed by atoms with van der Waals surface area (Å²) in [5.74, 6) is 1.10. The minimum atomic E-state index is -0.384. The molecule has 0 spiro atoms. The Kier molecular flexibility index (Phi) is 4.09. The van der Waals surface area contributed by atoms with Gasteiger partial charge >= 0.3 is 0 Å². The highest BCUT2D eigenvalue weighted by molar-refractivity contribution is 5.57. The minimum Gasteiger partial charge on any atom is -0.495 e. The van der Waals surface area contributed by atoms with Crippen LogP contribution in [0.4, 0.5) is 5.69 Å². The van der Waals surface area contributed by atoms with Crippen molar-refractivity contribution in [3.63, 3.8) is 0 Å². The molecule has 2 N–H and O–H groups in total. The molecule has 1 heterocycles. The average Bonchev–Trinajstić information content (AvgIpc) is 2.94. The maximum absolute atomic E-state index is 9.71. The molecule has 1 aromatic carbocycles. The van der Waals surface area contributed by atoms with E-state index in [2.05, 4.69) is 5.32 Å². The van der Waals surface area contributed by atoms with Gasteiger partial charge in [0, 0.05) is 12.5 Å². The fourth-order valence-electron chi connectivity index (χ4n) is 2.36. The van der Waals surface area contributed by atoms with Gasteiger partial charge in [-0.2, -0.15) is 0 Å². The first-order valence-corrected chi connectivity index (χ1v) is 6.29. The van der Waals surface area contributed by atoms with E-state index in [9.17, 15) is 5.11 Å². The van der Waals surface area contributed by atoms with E-state index in [0.29, 0.717) is 12.5 Å². The predicted octanol–water partition coefficient (Wildman–Crippen LogP) is 1.89. The van der Waals surface area contributed by atoms with E-state index in [4.69, 9.17) is 9.47 Å². The van der Waals surface area contributed by atoms with Gasteiger partial charge in [-0.3, -0.25) is 0 Å². The molecule has 1 saturated heterocycles. The number of rotatable bonds is 5. The van der Waals surface area contributed by atoms with Gasteiger partial charge in [0.2, 0.25) is 0 Å². The number of aliphatic hydroxyl groups excluding tert-OH is 1. The first kappa shape index (κ1) is 13.2. The maximum atomic E-state index is 9.71. The third kappa shape index (κ3) is 2.60. The molecule has 100 valence electrons. The lowest BCUT2D eigenvalue weighted by atomic mass is 9.85. The van der Waals surface area contributed by atoms with Crippen LogP contribution in [0, 0.1) is 5.92 Å². The molecule has 0 bridgehead atoms. The minimum absolute atomic E-state index is 0.0685. The number of hydrogen-bond donors (Lipinski definition) is 2. The fourth-order valence-corrected chi connectivity index (χ4v) is 2.36. The van der Waals surface area contributed by atoms with Crippen LogP contribution in [-0.2, 0) is 4.74 Å². The molecule has 1 fully saturated rings. The third-order valence-electron chi connectivity index (χ3n) is 3.69. The van der Waals surface area contributed by atoms with Crippen LogP contribution in [-0.4, -0.2) is 37.6 Å². The number of nitrogens with one attached hydrogen (secondary N) is 1. The van der Waals surface area contributed by atoms with Crippen molar-refractivity contribution < 1.29 is 14.6 Å². The Morgan fingerprint density at radius 3 is 2.89 bits per heavy atom. The van der Waals surface area contributed by atoms with Crippen molar-refractivity contribution in [3.05, 3.63) is 24.3 Å². The molecule has 1 aliphatic heterocycles. The SMILES string of the molecule is COc1ccccc1NC(C)(CO)C1CCOC1. The van der Waals surface area contributed by atoms with Crippen LogP contribution in [0.1, 0.15) is 13.3 Å². The highest BCUT2D eigenvalue weighted by Crippen LogP contribution is 2.32. The maximum Gasteiger partial charge on any atom is 0.141 e. The molecule has 0 aromatic heterocycles. The highest BCUT2D eigenvalue weighted by atomic mass is 16.5. The van der Waals surface area contributed by atoms with E-state index in [0.717, 1.165) is 24.5 Å². The van der Waals surface area contributed by atoms with Crippen LogP contribution in [0.2, 0.25) is 0 Å². The van der Waals surface area contributed by atoms with E-state index in [1.165, 1.54) is 0 Å². The molecule has 1 aromatic rings. The lowest BCUT2D eigenvalue weighted by Gasteiger charge is -2.35. The second-order valence-electron chi connectivity index (χ2n) is 4.96. The molecule has 0 aliphatic carbocycles. The Morgan fingerprint density at radius 1 is 1.50 bits per heavy atom. The van der Waals surface area contributed by atoms with Gasteiger partial charge in [0.25, 0.3) is 0 Å². The van der Waals surface area contributed by atoms with Crippen LogP contribution in [0.5, 0.6) is 5.75 Å². The summed E-state index contributed by atoms with van der Waals surface area (Å²) in [7, 11) is 1.65. The molecule has 4 nitrogen and oxygen atoms in total. The van der Waals surface area contributed by atoms with Crippen LogP contribution >= 0.6 is 0 Å². The van der Waals surface area contributed by atoms with Crippen LogP contribution < -0.4 is 10.1 Å². The molecule has 1 aliphatic rings. The van der Waals surface area contributed by atoms with Gasteiger partial charge < -0.3 is 19.9 Å². The van der Waals surface area contributed by atoms with Gasteiger partial charge in [-0.1, -0.05) is 12.1 Å². The second kappa shape index (κ2) is 5.59. The van der Waals surface area contributed by atoms with Crippen LogP contribution in [0.15, 0.2) is 24.3 Å². The monoisotopic (exact) mass is 251 g/mol. The van der Waals surface area contributed by atoms with Crippen molar-refractivity contribution in [1.29, 1.82) is 0 Å². The van der Waals surface area contributed by atoms with Gasteiger partial charge in [-0.25, -0.2) is 0 Å². The first-order chi connectivity index (χ1) is 8.69.